The zero-order valence-corrected chi connectivity index (χ0v) is 4.18. The third kappa shape index (κ3) is 2.07. The highest BCUT2D eigenvalue weighted by molar-refractivity contribution is 4.23. The van der Waals surface area contributed by atoms with Gasteiger partial charge >= 0.3 is 0 Å². The van der Waals surface area contributed by atoms with E-state index in [1.54, 1.807) is 7.05 Å². The molecule has 0 aromatic heterocycles. The first-order valence-corrected chi connectivity index (χ1v) is 1.87. The predicted octanol–water partition coefficient (Wildman–Crippen LogP) is -0.715. The van der Waals surface area contributed by atoms with Gasteiger partial charge in [-0.3, -0.25) is 0 Å². The molecule has 0 spiro atoms. The Bertz CT molecular complexity index is 48.0. The first-order chi connectivity index (χ1) is 3.35. The minimum Gasteiger partial charge on any atom is -0.311 e. The lowest BCUT2D eigenvalue weighted by atomic mass is 11.1. The van der Waals surface area contributed by atoms with Gasteiger partial charge in [-0.05, 0) is 0 Å². The molecule has 0 fully saturated rings. The molecular weight excluding hydrogens is 94.1 g/mol. The van der Waals surface area contributed by atoms with E-state index in [2.05, 4.69) is 10.6 Å². The zero-order chi connectivity index (χ0) is 5.70. The molecule has 0 rings (SSSR count). The predicted molar refractivity (Wildman–Crippen MR) is 25.1 cm³/mol. The summed E-state index contributed by atoms with van der Waals surface area (Å²) < 4.78 is 0. The Labute approximate surface area is 41.9 Å². The van der Waals surface area contributed by atoms with E-state index in [1.165, 1.54) is 5.12 Å². The van der Waals surface area contributed by atoms with Gasteiger partial charge in [0.25, 0.3) is 0 Å². The van der Waals surface area contributed by atoms with Crippen LogP contribution < -0.4 is 11.2 Å². The van der Waals surface area contributed by atoms with Gasteiger partial charge in [-0.15, -0.1) is 0 Å². The Morgan fingerprint density at radius 1 is 2.00 bits per heavy atom. The average Bonchev–Trinajstić information content (AvgIpc) is 1.72. The molecule has 7 heavy (non-hydrogen) atoms. The fourth-order valence-electron chi connectivity index (χ4n) is 0.182. The van der Waals surface area contributed by atoms with Gasteiger partial charge in [0, 0.05) is 7.05 Å². The minimum absolute atomic E-state index is 0.222. The minimum atomic E-state index is 0.222. The van der Waals surface area contributed by atoms with E-state index in [9.17, 15) is 0 Å². The van der Waals surface area contributed by atoms with Gasteiger partial charge in [0.1, 0.15) is 6.67 Å². The van der Waals surface area contributed by atoms with Crippen LogP contribution in [0.4, 0.5) is 0 Å². The molecule has 0 amide bonds. The van der Waals surface area contributed by atoms with Crippen molar-refractivity contribution in [1.82, 2.24) is 10.5 Å². The maximum absolute atomic E-state index is 6.37. The summed E-state index contributed by atoms with van der Waals surface area (Å²) in [5.41, 5.74) is 14.0. The SMILES string of the molecule is CNN(CN)N=N. The van der Waals surface area contributed by atoms with Gasteiger partial charge in [0.2, 0.25) is 0 Å². The van der Waals surface area contributed by atoms with Crippen molar-refractivity contribution < 1.29 is 0 Å². The van der Waals surface area contributed by atoms with Gasteiger partial charge < -0.3 is 5.73 Å². The molecule has 0 aliphatic carbocycles. The van der Waals surface area contributed by atoms with Crippen LogP contribution in [0.3, 0.4) is 0 Å². The van der Waals surface area contributed by atoms with Crippen LogP contribution in [0.25, 0.3) is 0 Å². The van der Waals surface area contributed by atoms with Gasteiger partial charge in [0.05, 0.1) is 0 Å². The second-order valence-electron chi connectivity index (χ2n) is 0.906. The molecule has 0 saturated heterocycles. The van der Waals surface area contributed by atoms with Crippen LogP contribution in [0.15, 0.2) is 5.22 Å². The highest BCUT2D eigenvalue weighted by atomic mass is 15.7. The van der Waals surface area contributed by atoms with Gasteiger partial charge in [-0.25, -0.2) is 5.43 Å². The van der Waals surface area contributed by atoms with Crippen LogP contribution >= 0.6 is 0 Å². The Balaban J connectivity index is 3.16. The standard InChI is InChI=1S/C2H9N5/c1-5-7(2-3)6-4/h4-5H,2-3H2,1H3. The Morgan fingerprint density at radius 2 is 2.57 bits per heavy atom. The fourth-order valence-corrected chi connectivity index (χ4v) is 0.182. The maximum Gasteiger partial charge on any atom is 0.102 e. The number of rotatable bonds is 3. The number of nitrogens with zero attached hydrogens (tertiary/aromatic N) is 2. The highest BCUT2D eigenvalue weighted by Crippen LogP contribution is 1.70. The summed E-state index contributed by atoms with van der Waals surface area (Å²) >= 11 is 0. The normalized spacial score (nSPS) is 8.29. The monoisotopic (exact) mass is 103 g/mol. The zero-order valence-electron chi connectivity index (χ0n) is 4.18. The fraction of sp³-hybridized carbons (Fsp3) is 1.00. The lowest BCUT2D eigenvalue weighted by Crippen LogP contribution is -2.34. The summed E-state index contributed by atoms with van der Waals surface area (Å²) in [5.74, 6) is 0. The van der Waals surface area contributed by atoms with Crippen molar-refractivity contribution in [3.63, 3.8) is 0 Å². The second-order valence-corrected chi connectivity index (χ2v) is 0.906. The molecule has 42 valence electrons. The topological polar surface area (TPSA) is 77.5 Å². The van der Waals surface area contributed by atoms with E-state index in [4.69, 9.17) is 11.3 Å². The van der Waals surface area contributed by atoms with E-state index in [0.717, 1.165) is 0 Å². The van der Waals surface area contributed by atoms with Crippen LogP contribution in [0.1, 0.15) is 0 Å². The molecule has 0 aliphatic rings. The molecule has 0 unspecified atom stereocenters. The van der Waals surface area contributed by atoms with Gasteiger partial charge in [0.15, 0.2) is 0 Å². The first-order valence-electron chi connectivity index (χ1n) is 1.87. The van der Waals surface area contributed by atoms with E-state index in [1.807, 2.05) is 0 Å². The van der Waals surface area contributed by atoms with Crippen molar-refractivity contribution in [3.05, 3.63) is 0 Å². The molecule has 5 heteroatoms. The molecule has 0 saturated carbocycles. The van der Waals surface area contributed by atoms with Gasteiger partial charge in [-0.2, -0.15) is 10.6 Å². The Kier molecular flexibility index (Phi) is 3.17. The summed E-state index contributed by atoms with van der Waals surface area (Å²) in [7, 11) is 1.64. The number of hydrazine groups is 1. The summed E-state index contributed by atoms with van der Waals surface area (Å²) in [5, 5.41) is 4.17. The second kappa shape index (κ2) is 3.51. The van der Waals surface area contributed by atoms with E-state index < -0.39 is 0 Å². The lowest BCUT2D eigenvalue weighted by molar-refractivity contribution is 0.200. The largest absolute Gasteiger partial charge is 0.311 e. The molecule has 0 atom stereocenters. The van der Waals surface area contributed by atoms with E-state index in [-0.39, 0.29) is 6.67 Å². The first kappa shape index (κ1) is 6.32. The van der Waals surface area contributed by atoms with E-state index >= 15 is 0 Å². The van der Waals surface area contributed by atoms with E-state index in [0.29, 0.717) is 0 Å². The lowest BCUT2D eigenvalue weighted by Gasteiger charge is -2.09. The molecular formula is C2H9N5. The molecule has 0 aromatic carbocycles. The number of hydrogen-bond acceptors (Lipinski definition) is 4. The van der Waals surface area contributed by atoms with Gasteiger partial charge in [-0.1, -0.05) is 5.22 Å². The van der Waals surface area contributed by atoms with Crippen LogP contribution in [0, 0.1) is 5.53 Å². The number of nitrogens with one attached hydrogen (secondary N) is 2. The quantitative estimate of drug-likeness (QED) is 0.251. The summed E-state index contributed by atoms with van der Waals surface area (Å²) in [6.45, 7) is 0.222. The van der Waals surface area contributed by atoms with Crippen molar-refractivity contribution >= 4 is 0 Å². The van der Waals surface area contributed by atoms with Crippen molar-refractivity contribution in [3.8, 4) is 0 Å². The molecule has 0 aliphatic heterocycles. The van der Waals surface area contributed by atoms with Crippen LogP contribution in [-0.4, -0.2) is 18.8 Å². The molecule has 5 nitrogen and oxygen atoms in total. The third-order valence-electron chi connectivity index (χ3n) is 0.552. The van der Waals surface area contributed by atoms with Crippen molar-refractivity contribution in [2.75, 3.05) is 13.7 Å². The summed E-state index contributed by atoms with van der Waals surface area (Å²) in [4.78, 5) is 0. The smallest absolute Gasteiger partial charge is 0.102 e. The Hall–Kier alpha value is -0.680. The van der Waals surface area contributed by atoms with Crippen LogP contribution in [0.5, 0.6) is 0 Å². The summed E-state index contributed by atoms with van der Waals surface area (Å²) in [6, 6.07) is 0. The number of hydrogen-bond donors (Lipinski definition) is 3. The molecule has 0 bridgehead atoms. The number of nitrogens with two attached hydrogens (primary N) is 1. The maximum atomic E-state index is 6.37. The Morgan fingerprint density at radius 3 is 2.57 bits per heavy atom. The van der Waals surface area contributed by atoms with Crippen LogP contribution in [-0.2, 0) is 0 Å². The molecule has 0 heterocycles. The third-order valence-corrected chi connectivity index (χ3v) is 0.552. The summed E-state index contributed by atoms with van der Waals surface area (Å²) in [6.07, 6.45) is 0. The molecule has 0 aromatic rings. The molecule has 0 radical (unpaired) electrons. The van der Waals surface area contributed by atoms with Crippen molar-refractivity contribution in [1.29, 1.82) is 5.53 Å². The average molecular weight is 103 g/mol. The highest BCUT2D eigenvalue weighted by Gasteiger charge is 1.85. The van der Waals surface area contributed by atoms with Crippen molar-refractivity contribution in [2.24, 2.45) is 11.0 Å². The van der Waals surface area contributed by atoms with Crippen molar-refractivity contribution in [2.45, 2.75) is 0 Å². The molecule has 4 N–H and O–H groups in total. The van der Waals surface area contributed by atoms with Crippen LogP contribution in [0.2, 0.25) is 0 Å².